The van der Waals surface area contributed by atoms with E-state index in [9.17, 15) is 19.2 Å². The zero-order valence-corrected chi connectivity index (χ0v) is 15.4. The minimum atomic E-state index is -1.04. The molecule has 1 heterocycles. The fourth-order valence-corrected chi connectivity index (χ4v) is 2.93. The predicted molar refractivity (Wildman–Crippen MR) is 95.3 cm³/mol. The molecule has 0 unspecified atom stereocenters. The number of rotatable bonds is 2. The van der Waals surface area contributed by atoms with Gasteiger partial charge in [-0.05, 0) is 18.2 Å². The van der Waals surface area contributed by atoms with E-state index in [-0.39, 0.29) is 17.2 Å². The maximum Gasteiger partial charge on any atom is 0.405 e. The summed E-state index contributed by atoms with van der Waals surface area (Å²) in [6.45, 7) is 5.15. The van der Waals surface area contributed by atoms with Gasteiger partial charge < -0.3 is 15.8 Å². The first-order valence-electron chi connectivity index (χ1n) is 7.72. The first-order valence-corrected chi connectivity index (χ1v) is 8.71. The lowest BCUT2D eigenvalue weighted by Crippen LogP contribution is -2.46. The monoisotopic (exact) mass is 380 g/mol. The van der Waals surface area contributed by atoms with Crippen molar-refractivity contribution in [2.75, 3.05) is 11.1 Å². The molecule has 0 aliphatic carbocycles. The number of amides is 4. The van der Waals surface area contributed by atoms with Crippen molar-refractivity contribution in [2.45, 2.75) is 31.8 Å². The number of fused-ring (bicyclic) bond motifs is 1. The Morgan fingerprint density at radius 3 is 2.58 bits per heavy atom. The molecule has 0 spiro atoms. The molecule has 0 saturated carbocycles. The summed E-state index contributed by atoms with van der Waals surface area (Å²) in [5.41, 5.74) is 9.63. The van der Waals surface area contributed by atoms with Crippen molar-refractivity contribution in [2.24, 2.45) is 11.1 Å². The van der Waals surface area contributed by atoms with E-state index in [2.05, 4.69) is 16.2 Å². The Hall–Kier alpha value is -2.75. The van der Waals surface area contributed by atoms with Crippen LogP contribution in [0.1, 0.15) is 31.1 Å². The summed E-state index contributed by atoms with van der Waals surface area (Å²) in [4.78, 5) is 47.7. The van der Waals surface area contributed by atoms with E-state index in [0.717, 1.165) is 0 Å². The van der Waals surface area contributed by atoms with Crippen LogP contribution in [0.4, 0.5) is 10.5 Å². The molecule has 0 radical (unpaired) electrons. The van der Waals surface area contributed by atoms with Crippen LogP contribution >= 0.6 is 11.8 Å². The van der Waals surface area contributed by atoms with Crippen molar-refractivity contribution in [3.8, 4) is 0 Å². The van der Waals surface area contributed by atoms with E-state index in [1.165, 1.54) is 17.8 Å². The smallest absolute Gasteiger partial charge is 0.405 e. The molecule has 0 saturated heterocycles. The average Bonchev–Trinajstić information content (AvgIpc) is 2.69. The van der Waals surface area contributed by atoms with E-state index in [1.54, 1.807) is 32.9 Å². The third-order valence-corrected chi connectivity index (χ3v) is 4.55. The maximum atomic E-state index is 12.2. The Morgan fingerprint density at radius 2 is 1.96 bits per heavy atom. The topological polar surface area (TPSA) is 140 Å². The van der Waals surface area contributed by atoms with Gasteiger partial charge in [0.2, 0.25) is 5.91 Å². The van der Waals surface area contributed by atoms with Crippen LogP contribution in [0.5, 0.6) is 0 Å². The molecule has 4 amide bonds. The van der Waals surface area contributed by atoms with Crippen LogP contribution in [0.25, 0.3) is 0 Å². The largest absolute Gasteiger partial charge is 0.435 e. The molecule has 1 aromatic carbocycles. The summed E-state index contributed by atoms with van der Waals surface area (Å²) in [6, 6.07) is 4.70. The Morgan fingerprint density at radius 1 is 1.27 bits per heavy atom. The fraction of sp³-hybridized carbons (Fsp3) is 0.375. The first kappa shape index (κ1) is 19.6. The third kappa shape index (κ3) is 4.88. The van der Waals surface area contributed by atoms with Crippen molar-refractivity contribution in [3.63, 3.8) is 0 Å². The SMILES string of the molecule is CC(C)(C)C(=O)NNC(=O)c1ccc2c(c1)NC(=O)[C@@H](OC(N)=O)CS2. The molecule has 1 aromatic rings. The predicted octanol–water partition coefficient (Wildman–Crippen LogP) is 1.00. The lowest BCUT2D eigenvalue weighted by molar-refractivity contribution is -0.129. The second-order valence-corrected chi connectivity index (χ2v) is 7.66. The van der Waals surface area contributed by atoms with Crippen LogP contribution in [0.2, 0.25) is 0 Å². The molecule has 26 heavy (non-hydrogen) atoms. The molecule has 1 aliphatic rings. The van der Waals surface area contributed by atoms with Crippen LogP contribution in [-0.2, 0) is 14.3 Å². The number of hydrogen-bond donors (Lipinski definition) is 4. The van der Waals surface area contributed by atoms with Crippen LogP contribution in [0.3, 0.4) is 0 Å². The van der Waals surface area contributed by atoms with Gasteiger partial charge in [0.25, 0.3) is 11.8 Å². The molecule has 1 aliphatic heterocycles. The first-order chi connectivity index (χ1) is 12.1. The number of hydrogen-bond acceptors (Lipinski definition) is 6. The summed E-state index contributed by atoms with van der Waals surface area (Å²) >= 11 is 1.29. The number of benzene rings is 1. The van der Waals surface area contributed by atoms with E-state index < -0.39 is 29.4 Å². The zero-order chi connectivity index (χ0) is 19.5. The molecular weight excluding hydrogens is 360 g/mol. The highest BCUT2D eigenvalue weighted by atomic mass is 32.2. The number of thioether (sulfide) groups is 1. The van der Waals surface area contributed by atoms with Crippen molar-refractivity contribution in [3.05, 3.63) is 23.8 Å². The molecule has 0 aromatic heterocycles. The Kier molecular flexibility index (Phi) is 5.76. The van der Waals surface area contributed by atoms with Gasteiger partial charge in [0.05, 0.1) is 5.69 Å². The lowest BCUT2D eigenvalue weighted by atomic mass is 9.96. The molecular formula is C16H20N4O5S. The number of carbonyl (C=O) groups excluding carboxylic acids is 4. The fourth-order valence-electron chi connectivity index (χ4n) is 1.95. The van der Waals surface area contributed by atoms with E-state index >= 15 is 0 Å². The molecule has 0 bridgehead atoms. The van der Waals surface area contributed by atoms with Gasteiger partial charge in [0, 0.05) is 21.6 Å². The van der Waals surface area contributed by atoms with Crippen LogP contribution < -0.4 is 21.9 Å². The van der Waals surface area contributed by atoms with Gasteiger partial charge in [-0.15, -0.1) is 11.8 Å². The number of ether oxygens (including phenoxy) is 1. The van der Waals surface area contributed by atoms with Gasteiger partial charge >= 0.3 is 6.09 Å². The molecule has 1 atom stereocenters. The van der Waals surface area contributed by atoms with Crippen molar-refractivity contribution in [1.82, 2.24) is 10.9 Å². The third-order valence-electron chi connectivity index (χ3n) is 3.41. The molecule has 2 rings (SSSR count). The zero-order valence-electron chi connectivity index (χ0n) is 14.5. The molecule has 140 valence electrons. The molecule has 10 heteroatoms. The highest BCUT2D eigenvalue weighted by Gasteiger charge is 2.27. The lowest BCUT2D eigenvalue weighted by Gasteiger charge is -2.18. The van der Waals surface area contributed by atoms with Gasteiger partial charge in [0.1, 0.15) is 0 Å². The molecule has 0 fully saturated rings. The van der Waals surface area contributed by atoms with Gasteiger partial charge in [-0.3, -0.25) is 25.2 Å². The number of primary amides is 1. The van der Waals surface area contributed by atoms with E-state index in [0.29, 0.717) is 10.6 Å². The van der Waals surface area contributed by atoms with E-state index in [1.807, 2.05) is 0 Å². The quantitative estimate of drug-likeness (QED) is 0.565. The summed E-state index contributed by atoms with van der Waals surface area (Å²) < 4.78 is 4.77. The highest BCUT2D eigenvalue weighted by Crippen LogP contribution is 2.32. The second-order valence-electron chi connectivity index (χ2n) is 6.59. The van der Waals surface area contributed by atoms with Crippen molar-refractivity contribution < 1.29 is 23.9 Å². The number of hydrazine groups is 1. The molecule has 5 N–H and O–H groups in total. The van der Waals surface area contributed by atoms with Crippen LogP contribution in [-0.4, -0.2) is 35.7 Å². The number of anilines is 1. The second kappa shape index (κ2) is 7.65. The molecule has 9 nitrogen and oxygen atoms in total. The number of nitrogens with two attached hydrogens (primary N) is 1. The Bertz CT molecular complexity index is 759. The van der Waals surface area contributed by atoms with Gasteiger partial charge in [-0.25, -0.2) is 4.79 Å². The summed E-state index contributed by atoms with van der Waals surface area (Å²) in [6.07, 6.45) is -2.06. The summed E-state index contributed by atoms with van der Waals surface area (Å²) in [7, 11) is 0. The summed E-state index contributed by atoms with van der Waals surface area (Å²) in [5, 5.41) is 2.60. The average molecular weight is 380 g/mol. The van der Waals surface area contributed by atoms with E-state index in [4.69, 9.17) is 10.5 Å². The minimum Gasteiger partial charge on any atom is -0.435 e. The Balaban J connectivity index is 2.09. The number of nitrogens with one attached hydrogen (secondary N) is 3. The summed E-state index contributed by atoms with van der Waals surface area (Å²) in [5.74, 6) is -1.20. The maximum absolute atomic E-state index is 12.2. The van der Waals surface area contributed by atoms with Crippen molar-refractivity contribution in [1.29, 1.82) is 0 Å². The van der Waals surface area contributed by atoms with Gasteiger partial charge in [-0.2, -0.15) is 0 Å². The highest BCUT2D eigenvalue weighted by molar-refractivity contribution is 7.99. The van der Waals surface area contributed by atoms with Crippen LogP contribution in [0, 0.1) is 5.41 Å². The number of carbonyl (C=O) groups is 4. The van der Waals surface area contributed by atoms with Crippen LogP contribution in [0.15, 0.2) is 23.1 Å². The van der Waals surface area contributed by atoms with Gasteiger partial charge in [0.15, 0.2) is 6.10 Å². The minimum absolute atomic E-state index is 0.203. The van der Waals surface area contributed by atoms with Gasteiger partial charge in [-0.1, -0.05) is 20.8 Å². The normalized spacial score (nSPS) is 16.6. The van der Waals surface area contributed by atoms with Crippen molar-refractivity contribution >= 4 is 41.3 Å². The standard InChI is InChI=1S/C16H20N4O5S/c1-16(2,3)14(23)20-19-12(21)8-4-5-11-9(6-8)18-13(22)10(7-26-11)25-15(17)24/h4-6,10H,7H2,1-3H3,(H2,17,24)(H,18,22)(H,19,21)(H,20,23)/t10-/m0/s1. The Labute approximate surface area is 154 Å².